The monoisotopic (exact) mass is 404 g/mol. The van der Waals surface area contributed by atoms with Crippen molar-refractivity contribution in [2.75, 3.05) is 10.6 Å². The Kier molecular flexibility index (Phi) is 6.12. The van der Waals surface area contributed by atoms with Gasteiger partial charge in [0, 0.05) is 36.5 Å². The zero-order chi connectivity index (χ0) is 20.8. The van der Waals surface area contributed by atoms with Crippen LogP contribution in [0.25, 0.3) is 11.4 Å². The van der Waals surface area contributed by atoms with Gasteiger partial charge in [-0.1, -0.05) is 43.5 Å². The zero-order valence-corrected chi connectivity index (χ0v) is 16.6. The van der Waals surface area contributed by atoms with Gasteiger partial charge in [-0.3, -0.25) is 15.1 Å². The van der Waals surface area contributed by atoms with Crippen molar-refractivity contribution in [2.45, 2.75) is 44.7 Å². The molecule has 1 saturated carbocycles. The van der Waals surface area contributed by atoms with Crippen LogP contribution in [0.2, 0.25) is 0 Å². The van der Waals surface area contributed by atoms with Gasteiger partial charge in [0.15, 0.2) is 0 Å². The van der Waals surface area contributed by atoms with Crippen LogP contribution in [0.3, 0.4) is 0 Å². The molecule has 0 unspecified atom stereocenters. The van der Waals surface area contributed by atoms with Crippen molar-refractivity contribution in [3.63, 3.8) is 0 Å². The molecular formula is C22H24N6O2. The third kappa shape index (κ3) is 4.89. The third-order valence-electron chi connectivity index (χ3n) is 5.24. The number of nitrogens with one attached hydrogen (secondary N) is 2. The first kappa shape index (κ1) is 19.8. The molecule has 3 aromatic rings. The average Bonchev–Trinajstić information content (AvgIpc) is 2.79. The molecule has 30 heavy (non-hydrogen) atoms. The molecule has 0 spiro atoms. The number of hydrogen-bond donors (Lipinski definition) is 2. The van der Waals surface area contributed by atoms with Crippen molar-refractivity contribution in [3.8, 4) is 11.4 Å². The number of para-hydroxylation sites is 1. The Labute approximate surface area is 175 Å². The van der Waals surface area contributed by atoms with Crippen LogP contribution in [-0.4, -0.2) is 25.9 Å². The van der Waals surface area contributed by atoms with E-state index in [-0.39, 0.29) is 10.6 Å². The normalized spacial score (nSPS) is 14.3. The zero-order valence-electron chi connectivity index (χ0n) is 16.6. The summed E-state index contributed by atoms with van der Waals surface area (Å²) >= 11 is 0. The molecule has 2 aromatic heterocycles. The van der Waals surface area contributed by atoms with Crippen molar-refractivity contribution < 1.29 is 4.92 Å². The fourth-order valence-electron chi connectivity index (χ4n) is 3.70. The molecule has 1 aromatic carbocycles. The minimum Gasteiger partial charge on any atom is -0.366 e. The third-order valence-corrected chi connectivity index (χ3v) is 5.24. The van der Waals surface area contributed by atoms with Crippen molar-refractivity contribution >= 4 is 17.5 Å². The summed E-state index contributed by atoms with van der Waals surface area (Å²) in [6, 6.07) is 14.6. The number of nitro groups is 1. The highest BCUT2D eigenvalue weighted by atomic mass is 16.6. The number of nitrogens with zero attached hydrogens (tertiary/aromatic N) is 4. The van der Waals surface area contributed by atoms with Crippen LogP contribution < -0.4 is 10.6 Å². The second-order valence-corrected chi connectivity index (χ2v) is 7.40. The van der Waals surface area contributed by atoms with Crippen LogP contribution in [0.15, 0.2) is 54.7 Å². The van der Waals surface area contributed by atoms with Gasteiger partial charge < -0.3 is 10.6 Å². The van der Waals surface area contributed by atoms with Crippen molar-refractivity contribution in [2.24, 2.45) is 0 Å². The Morgan fingerprint density at radius 1 is 1.00 bits per heavy atom. The molecule has 4 rings (SSSR count). The standard InChI is InChI=1S/C22H24N6O2/c29-28(30)20-12-5-4-8-16(20)15-24-21-14-19(18-11-6-7-13-23-18)26-22(27-21)25-17-9-2-1-3-10-17/h4-8,11-14,17H,1-3,9-10,15H2,(H2,24,25,26,27). The first-order chi connectivity index (χ1) is 14.7. The van der Waals surface area contributed by atoms with E-state index in [1.165, 1.54) is 25.3 Å². The van der Waals surface area contributed by atoms with Gasteiger partial charge in [-0.25, -0.2) is 4.98 Å². The first-order valence-electron chi connectivity index (χ1n) is 10.2. The van der Waals surface area contributed by atoms with Gasteiger partial charge in [0.05, 0.1) is 16.3 Å². The molecule has 0 aliphatic heterocycles. The second-order valence-electron chi connectivity index (χ2n) is 7.40. The summed E-state index contributed by atoms with van der Waals surface area (Å²) in [4.78, 5) is 24.6. The average molecular weight is 404 g/mol. The Balaban J connectivity index is 1.59. The van der Waals surface area contributed by atoms with E-state index in [1.807, 2.05) is 24.3 Å². The molecule has 1 fully saturated rings. The maximum Gasteiger partial charge on any atom is 0.274 e. The molecule has 0 saturated heterocycles. The number of aromatic nitrogens is 3. The summed E-state index contributed by atoms with van der Waals surface area (Å²) < 4.78 is 0. The quantitative estimate of drug-likeness (QED) is 0.430. The molecule has 154 valence electrons. The van der Waals surface area contributed by atoms with Crippen molar-refractivity contribution in [1.29, 1.82) is 0 Å². The molecule has 0 bridgehead atoms. The van der Waals surface area contributed by atoms with Gasteiger partial charge in [0.1, 0.15) is 5.82 Å². The van der Waals surface area contributed by atoms with Crippen LogP contribution in [-0.2, 0) is 6.54 Å². The molecule has 2 N–H and O–H groups in total. The van der Waals surface area contributed by atoms with E-state index in [2.05, 4.69) is 25.6 Å². The smallest absolute Gasteiger partial charge is 0.274 e. The predicted octanol–water partition coefficient (Wildman–Crippen LogP) is 4.80. The minimum absolute atomic E-state index is 0.0876. The van der Waals surface area contributed by atoms with Gasteiger partial charge >= 0.3 is 0 Å². The number of rotatable bonds is 7. The van der Waals surface area contributed by atoms with E-state index in [1.54, 1.807) is 24.4 Å². The molecule has 8 heteroatoms. The van der Waals surface area contributed by atoms with Gasteiger partial charge in [-0.05, 0) is 25.0 Å². The van der Waals surface area contributed by atoms with Crippen LogP contribution >= 0.6 is 0 Å². The van der Waals surface area contributed by atoms with E-state index in [9.17, 15) is 10.1 Å². The van der Waals surface area contributed by atoms with E-state index >= 15 is 0 Å². The number of anilines is 2. The molecule has 1 aliphatic carbocycles. The van der Waals surface area contributed by atoms with Gasteiger partial charge in [0.25, 0.3) is 5.69 Å². The van der Waals surface area contributed by atoms with E-state index < -0.39 is 0 Å². The van der Waals surface area contributed by atoms with Gasteiger partial charge in [-0.2, -0.15) is 4.98 Å². The van der Waals surface area contributed by atoms with Crippen LogP contribution in [0.5, 0.6) is 0 Å². The Hall–Kier alpha value is -3.55. The topological polar surface area (TPSA) is 106 Å². The largest absolute Gasteiger partial charge is 0.366 e. The van der Waals surface area contributed by atoms with Gasteiger partial charge in [-0.15, -0.1) is 0 Å². The number of nitro benzene ring substituents is 1. The molecule has 1 aliphatic rings. The van der Waals surface area contributed by atoms with Gasteiger partial charge in [0.2, 0.25) is 5.95 Å². The van der Waals surface area contributed by atoms with Crippen LogP contribution in [0, 0.1) is 10.1 Å². The van der Waals surface area contributed by atoms with Crippen molar-refractivity contribution in [1.82, 2.24) is 15.0 Å². The Bertz CT molecular complexity index is 1010. The highest BCUT2D eigenvalue weighted by molar-refractivity contribution is 5.61. The lowest BCUT2D eigenvalue weighted by atomic mass is 9.96. The van der Waals surface area contributed by atoms with Crippen LogP contribution in [0.4, 0.5) is 17.5 Å². The fraction of sp³-hybridized carbons (Fsp3) is 0.318. The maximum atomic E-state index is 11.3. The molecule has 0 radical (unpaired) electrons. The number of pyridine rings is 1. The lowest BCUT2D eigenvalue weighted by Gasteiger charge is -2.23. The second kappa shape index (κ2) is 9.30. The molecule has 2 heterocycles. The summed E-state index contributed by atoms with van der Waals surface area (Å²) in [5, 5.41) is 18.0. The van der Waals surface area contributed by atoms with E-state index in [0.717, 1.165) is 18.5 Å². The highest BCUT2D eigenvalue weighted by Crippen LogP contribution is 2.25. The summed E-state index contributed by atoms with van der Waals surface area (Å²) in [6.45, 7) is 0.290. The number of benzene rings is 1. The number of hydrogen-bond acceptors (Lipinski definition) is 7. The molecule has 0 amide bonds. The SMILES string of the molecule is O=[N+]([O-])c1ccccc1CNc1cc(-c2ccccn2)nc(NC2CCCCC2)n1. The predicted molar refractivity (Wildman–Crippen MR) is 116 cm³/mol. The molecule has 0 atom stereocenters. The summed E-state index contributed by atoms with van der Waals surface area (Å²) in [7, 11) is 0. The minimum atomic E-state index is -0.369. The highest BCUT2D eigenvalue weighted by Gasteiger charge is 2.17. The lowest BCUT2D eigenvalue weighted by Crippen LogP contribution is -2.23. The molecular weight excluding hydrogens is 380 g/mol. The van der Waals surface area contributed by atoms with Crippen LogP contribution in [0.1, 0.15) is 37.7 Å². The van der Waals surface area contributed by atoms with Crippen molar-refractivity contribution in [3.05, 3.63) is 70.4 Å². The maximum absolute atomic E-state index is 11.3. The lowest BCUT2D eigenvalue weighted by molar-refractivity contribution is -0.385. The van der Waals surface area contributed by atoms with E-state index in [0.29, 0.717) is 35.6 Å². The molecule has 8 nitrogen and oxygen atoms in total. The van der Waals surface area contributed by atoms with E-state index in [4.69, 9.17) is 0 Å². The first-order valence-corrected chi connectivity index (χ1v) is 10.2. The fourth-order valence-corrected chi connectivity index (χ4v) is 3.70. The summed E-state index contributed by atoms with van der Waals surface area (Å²) in [5.74, 6) is 1.15. The summed E-state index contributed by atoms with van der Waals surface area (Å²) in [6.07, 6.45) is 7.63. The Morgan fingerprint density at radius 2 is 1.80 bits per heavy atom. The Morgan fingerprint density at radius 3 is 2.57 bits per heavy atom. The summed E-state index contributed by atoms with van der Waals surface area (Å²) in [5.41, 5.74) is 2.14.